The number of hydrogen-bond donors (Lipinski definition) is 1. The van der Waals surface area contributed by atoms with Crippen molar-refractivity contribution in [2.24, 2.45) is 0 Å². The van der Waals surface area contributed by atoms with Crippen molar-refractivity contribution in [2.45, 2.75) is 26.9 Å². The number of nitrogens with one attached hydrogen (secondary N) is 1. The highest BCUT2D eigenvalue weighted by atomic mass is 19.4. The second-order valence-electron chi connectivity index (χ2n) is 5.76. The zero-order valence-electron chi connectivity index (χ0n) is 14.3. The Kier molecular flexibility index (Phi) is 5.34. The summed E-state index contributed by atoms with van der Waals surface area (Å²) < 4.78 is 43.0. The number of Topliss-reactive ketones (excluding diaryl/α,β-unsaturated/α-hetero) is 2. The summed E-state index contributed by atoms with van der Waals surface area (Å²) in [5.74, 6) is -1.86. The number of carbonyl (C=O) groups is 3. The first-order valence-corrected chi connectivity index (χ1v) is 7.60. The number of H-pyrrole nitrogens is 1. The van der Waals surface area contributed by atoms with E-state index in [0.29, 0.717) is 22.9 Å². The molecule has 0 aliphatic rings. The molecule has 0 saturated carbocycles. The second-order valence-corrected chi connectivity index (χ2v) is 5.76. The van der Waals surface area contributed by atoms with E-state index in [9.17, 15) is 27.6 Å². The molecule has 1 aromatic heterocycles. The van der Waals surface area contributed by atoms with Crippen molar-refractivity contribution >= 4 is 17.5 Å². The summed E-state index contributed by atoms with van der Waals surface area (Å²) in [4.78, 5) is 38.4. The first-order valence-electron chi connectivity index (χ1n) is 7.60. The number of hydrogen-bond acceptors (Lipinski definition) is 4. The van der Waals surface area contributed by atoms with Crippen LogP contribution in [0.25, 0.3) is 0 Å². The zero-order chi connectivity index (χ0) is 19.6. The number of esters is 1. The number of ether oxygens (including phenoxy) is 1. The second kappa shape index (κ2) is 7.15. The highest BCUT2D eigenvalue weighted by molar-refractivity contribution is 6.02. The van der Waals surface area contributed by atoms with Crippen molar-refractivity contribution in [1.82, 2.24) is 4.98 Å². The molecule has 1 aromatic carbocycles. The van der Waals surface area contributed by atoms with Crippen molar-refractivity contribution < 1.29 is 32.3 Å². The average molecular weight is 367 g/mol. The standard InChI is InChI=1S/C18H16F3NO4/c1-9-15(11(3)23)10(2)22-16(9)17(25)26-8-14(24)12-5-4-6-13(7-12)18(19,20)21/h4-7,22H,8H2,1-3H3. The van der Waals surface area contributed by atoms with E-state index in [-0.39, 0.29) is 17.0 Å². The first kappa shape index (κ1) is 19.4. The van der Waals surface area contributed by atoms with E-state index in [0.717, 1.165) is 12.1 Å². The molecule has 8 heteroatoms. The van der Waals surface area contributed by atoms with Gasteiger partial charge in [-0.3, -0.25) is 9.59 Å². The molecular formula is C18H16F3NO4. The van der Waals surface area contributed by atoms with Crippen LogP contribution in [0.1, 0.15) is 54.9 Å². The molecule has 0 radical (unpaired) electrons. The highest BCUT2D eigenvalue weighted by Crippen LogP contribution is 2.29. The van der Waals surface area contributed by atoms with E-state index in [1.54, 1.807) is 13.8 Å². The third-order valence-electron chi connectivity index (χ3n) is 3.84. The molecule has 0 unspecified atom stereocenters. The summed E-state index contributed by atoms with van der Waals surface area (Å²) in [6.07, 6.45) is -4.57. The van der Waals surface area contributed by atoms with Crippen LogP contribution in [0, 0.1) is 13.8 Å². The molecule has 0 aliphatic carbocycles. The number of alkyl halides is 3. The molecule has 0 fully saturated rings. The van der Waals surface area contributed by atoms with E-state index < -0.39 is 30.1 Å². The molecule has 1 N–H and O–H groups in total. The summed E-state index contributed by atoms with van der Waals surface area (Å²) in [5, 5.41) is 0. The van der Waals surface area contributed by atoms with E-state index >= 15 is 0 Å². The van der Waals surface area contributed by atoms with Gasteiger partial charge in [-0.05, 0) is 38.5 Å². The Morgan fingerprint density at radius 2 is 1.81 bits per heavy atom. The van der Waals surface area contributed by atoms with Crippen LogP contribution in [-0.4, -0.2) is 29.1 Å². The van der Waals surface area contributed by atoms with Crippen LogP contribution in [0.3, 0.4) is 0 Å². The minimum absolute atomic E-state index is 0.0320. The van der Waals surface area contributed by atoms with Crippen LogP contribution in [0.15, 0.2) is 24.3 Å². The smallest absolute Gasteiger partial charge is 0.416 e. The van der Waals surface area contributed by atoms with Gasteiger partial charge in [0.05, 0.1) is 5.56 Å². The molecule has 0 atom stereocenters. The molecule has 1 heterocycles. The Balaban J connectivity index is 2.12. The maximum Gasteiger partial charge on any atom is 0.416 e. The van der Waals surface area contributed by atoms with Crippen LogP contribution in [0.4, 0.5) is 13.2 Å². The van der Waals surface area contributed by atoms with Gasteiger partial charge in [0.2, 0.25) is 0 Å². The van der Waals surface area contributed by atoms with Gasteiger partial charge in [-0.2, -0.15) is 13.2 Å². The van der Waals surface area contributed by atoms with Gasteiger partial charge < -0.3 is 9.72 Å². The molecule has 0 amide bonds. The Bertz CT molecular complexity index is 881. The Labute approximate surface area is 147 Å². The predicted molar refractivity (Wildman–Crippen MR) is 86.3 cm³/mol. The number of rotatable bonds is 5. The van der Waals surface area contributed by atoms with Gasteiger partial charge in [-0.1, -0.05) is 12.1 Å². The van der Waals surface area contributed by atoms with Crippen LogP contribution < -0.4 is 0 Å². The number of aryl methyl sites for hydroxylation is 1. The van der Waals surface area contributed by atoms with Crippen LogP contribution in [0.2, 0.25) is 0 Å². The number of halogens is 3. The molecule has 5 nitrogen and oxygen atoms in total. The number of aromatic nitrogens is 1. The Morgan fingerprint density at radius 1 is 1.15 bits per heavy atom. The van der Waals surface area contributed by atoms with E-state index in [1.165, 1.54) is 13.0 Å². The van der Waals surface area contributed by atoms with Crippen molar-refractivity contribution in [3.8, 4) is 0 Å². The van der Waals surface area contributed by atoms with E-state index in [1.807, 2.05) is 0 Å². The number of aromatic amines is 1. The molecule has 2 rings (SSSR count). The molecule has 0 saturated heterocycles. The Hall–Kier alpha value is -2.90. The lowest BCUT2D eigenvalue weighted by Crippen LogP contribution is -2.16. The average Bonchev–Trinajstić information content (AvgIpc) is 2.86. The van der Waals surface area contributed by atoms with Gasteiger partial charge in [0.1, 0.15) is 5.69 Å². The fraction of sp³-hybridized carbons (Fsp3) is 0.278. The summed E-state index contributed by atoms with van der Waals surface area (Å²) in [7, 11) is 0. The maximum atomic E-state index is 12.7. The largest absolute Gasteiger partial charge is 0.453 e. The third kappa shape index (κ3) is 4.01. The lowest BCUT2D eigenvalue weighted by Gasteiger charge is -2.08. The summed E-state index contributed by atoms with van der Waals surface area (Å²) in [6.45, 7) is 3.82. The summed E-state index contributed by atoms with van der Waals surface area (Å²) >= 11 is 0. The van der Waals surface area contributed by atoms with Crippen molar-refractivity contribution in [1.29, 1.82) is 0 Å². The minimum Gasteiger partial charge on any atom is -0.453 e. The molecule has 138 valence electrons. The van der Waals surface area contributed by atoms with Gasteiger partial charge in [0.25, 0.3) is 0 Å². The number of ketones is 2. The summed E-state index contributed by atoms with van der Waals surface area (Å²) in [5.41, 5.74) is 0.108. The van der Waals surface area contributed by atoms with Gasteiger partial charge in [0, 0.05) is 16.8 Å². The first-order chi connectivity index (χ1) is 12.0. The number of carbonyl (C=O) groups excluding carboxylic acids is 3. The van der Waals surface area contributed by atoms with E-state index in [2.05, 4.69) is 4.98 Å². The lowest BCUT2D eigenvalue weighted by atomic mass is 10.1. The Morgan fingerprint density at radius 3 is 2.35 bits per heavy atom. The predicted octanol–water partition coefficient (Wildman–Crippen LogP) is 3.89. The lowest BCUT2D eigenvalue weighted by molar-refractivity contribution is -0.137. The van der Waals surface area contributed by atoms with E-state index in [4.69, 9.17) is 4.74 Å². The maximum absolute atomic E-state index is 12.7. The molecular weight excluding hydrogens is 351 g/mol. The van der Waals surface area contributed by atoms with Crippen LogP contribution >= 0.6 is 0 Å². The molecule has 0 bridgehead atoms. The normalized spacial score (nSPS) is 11.3. The fourth-order valence-corrected chi connectivity index (χ4v) is 2.64. The van der Waals surface area contributed by atoms with Crippen molar-refractivity contribution in [3.05, 3.63) is 57.9 Å². The summed E-state index contributed by atoms with van der Waals surface area (Å²) in [6, 6.07) is 3.87. The monoisotopic (exact) mass is 367 g/mol. The molecule has 0 spiro atoms. The van der Waals surface area contributed by atoms with Crippen molar-refractivity contribution in [3.63, 3.8) is 0 Å². The van der Waals surface area contributed by atoms with Crippen molar-refractivity contribution in [2.75, 3.05) is 6.61 Å². The van der Waals surface area contributed by atoms with Crippen LogP contribution in [-0.2, 0) is 10.9 Å². The quantitative estimate of drug-likeness (QED) is 0.642. The van der Waals surface area contributed by atoms with Gasteiger partial charge in [-0.25, -0.2) is 4.79 Å². The molecule has 0 aliphatic heterocycles. The highest BCUT2D eigenvalue weighted by Gasteiger charge is 2.31. The van der Waals surface area contributed by atoms with Gasteiger partial charge >= 0.3 is 12.1 Å². The molecule has 2 aromatic rings. The SMILES string of the molecule is CC(=O)c1c(C)[nH]c(C(=O)OCC(=O)c2cccc(C(F)(F)F)c2)c1C. The van der Waals surface area contributed by atoms with Gasteiger partial charge in [-0.15, -0.1) is 0 Å². The minimum atomic E-state index is -4.57. The topological polar surface area (TPSA) is 76.2 Å². The molecule has 26 heavy (non-hydrogen) atoms. The van der Waals surface area contributed by atoms with Crippen LogP contribution in [0.5, 0.6) is 0 Å². The fourth-order valence-electron chi connectivity index (χ4n) is 2.64. The third-order valence-corrected chi connectivity index (χ3v) is 3.84. The number of benzene rings is 1. The van der Waals surface area contributed by atoms with Gasteiger partial charge in [0.15, 0.2) is 18.2 Å². The zero-order valence-corrected chi connectivity index (χ0v) is 14.3.